The minimum absolute atomic E-state index is 0.411. The molecule has 8 aromatic rings. The molecule has 0 aromatic heterocycles. The average molecular weight is 665 g/mol. The fourth-order valence-electron chi connectivity index (χ4n) is 8.97. The van der Waals surface area contributed by atoms with Gasteiger partial charge in [-0.25, -0.2) is 0 Å². The molecule has 0 atom stereocenters. The highest BCUT2D eigenvalue weighted by Crippen LogP contribution is 2.64. The molecule has 10 rings (SSSR count). The Bertz CT molecular complexity index is 2510. The molecule has 2 aliphatic carbocycles. The molecule has 0 heterocycles. The molecule has 0 radical (unpaired) electrons. The Labute approximate surface area is 305 Å². The molecule has 2 nitrogen and oxygen atoms in total. The Hall–Kier alpha value is -6.64. The largest absolute Gasteiger partial charge is 0.310 e. The number of anilines is 6. The summed E-state index contributed by atoms with van der Waals surface area (Å²) in [6.07, 6.45) is 0. The van der Waals surface area contributed by atoms with E-state index in [-0.39, 0.29) is 0 Å². The summed E-state index contributed by atoms with van der Waals surface area (Å²) in [5.74, 6) is 0. The van der Waals surface area contributed by atoms with Crippen LogP contribution < -0.4 is 9.80 Å². The summed E-state index contributed by atoms with van der Waals surface area (Å²) in [7, 11) is 0. The molecule has 0 bridgehead atoms. The Morgan fingerprint density at radius 2 is 0.673 bits per heavy atom. The van der Waals surface area contributed by atoms with E-state index in [2.05, 4.69) is 217 Å². The first-order chi connectivity index (χ1) is 25.8. The fourth-order valence-corrected chi connectivity index (χ4v) is 8.97. The van der Waals surface area contributed by atoms with Crippen LogP contribution in [0, 0.1) is 6.92 Å². The van der Waals surface area contributed by atoms with Crippen LogP contribution in [-0.4, -0.2) is 0 Å². The van der Waals surface area contributed by atoms with Crippen LogP contribution in [0.4, 0.5) is 34.1 Å². The lowest BCUT2D eigenvalue weighted by Crippen LogP contribution is -2.26. The predicted octanol–water partition coefficient (Wildman–Crippen LogP) is 13.3. The minimum Gasteiger partial charge on any atom is -0.310 e. The standard InChI is InChI=1S/C50H36N2/c1-35-46(51(36-19-5-2-6-20-36)37-21-7-3-8-22-37)32-18-33-47(35)52(38-23-9-4-10-24-38)48-34-17-31-45-49(48)41-27-13-16-30-44(41)50(45)42-28-14-11-25-39(42)40-26-12-15-29-43(40)50/h2-34H,1H3. The summed E-state index contributed by atoms with van der Waals surface area (Å²) in [6.45, 7) is 2.27. The van der Waals surface area contributed by atoms with E-state index in [1.165, 1.54) is 55.8 Å². The molecule has 2 aliphatic rings. The van der Waals surface area contributed by atoms with Gasteiger partial charge in [-0.2, -0.15) is 0 Å². The molecule has 0 N–H and O–H groups in total. The van der Waals surface area contributed by atoms with E-state index in [9.17, 15) is 0 Å². The molecule has 246 valence electrons. The van der Waals surface area contributed by atoms with Crippen LogP contribution in [0.3, 0.4) is 0 Å². The number of hydrogen-bond donors (Lipinski definition) is 0. The van der Waals surface area contributed by atoms with Crippen molar-refractivity contribution in [1.29, 1.82) is 0 Å². The van der Waals surface area contributed by atoms with E-state index in [0.717, 1.165) is 28.4 Å². The molecular formula is C50H36N2. The van der Waals surface area contributed by atoms with Crippen LogP contribution in [0.25, 0.3) is 22.3 Å². The maximum absolute atomic E-state index is 2.48. The van der Waals surface area contributed by atoms with Crippen molar-refractivity contribution in [1.82, 2.24) is 0 Å². The molecule has 1 spiro atoms. The first kappa shape index (κ1) is 30.2. The maximum atomic E-state index is 2.48. The van der Waals surface area contributed by atoms with Gasteiger partial charge in [-0.15, -0.1) is 0 Å². The number of benzene rings is 8. The van der Waals surface area contributed by atoms with Crippen LogP contribution in [0.1, 0.15) is 27.8 Å². The van der Waals surface area contributed by atoms with Gasteiger partial charge in [-0.3, -0.25) is 0 Å². The van der Waals surface area contributed by atoms with Gasteiger partial charge in [0.25, 0.3) is 0 Å². The van der Waals surface area contributed by atoms with Gasteiger partial charge in [0.1, 0.15) is 0 Å². The Kier molecular flexibility index (Phi) is 6.97. The lowest BCUT2D eigenvalue weighted by molar-refractivity contribution is 0.794. The Morgan fingerprint density at radius 3 is 1.21 bits per heavy atom. The summed E-state index contributed by atoms with van der Waals surface area (Å²) >= 11 is 0. The summed E-state index contributed by atoms with van der Waals surface area (Å²) in [6, 6.07) is 73.0. The molecular weight excluding hydrogens is 629 g/mol. The molecule has 0 amide bonds. The van der Waals surface area contributed by atoms with Gasteiger partial charge in [0.15, 0.2) is 0 Å². The first-order valence-corrected chi connectivity index (χ1v) is 18.0. The van der Waals surface area contributed by atoms with Gasteiger partial charge in [0.05, 0.1) is 22.5 Å². The average Bonchev–Trinajstić information content (AvgIpc) is 3.69. The van der Waals surface area contributed by atoms with Gasteiger partial charge in [-0.1, -0.05) is 146 Å². The third-order valence-electron chi connectivity index (χ3n) is 11.0. The van der Waals surface area contributed by atoms with Gasteiger partial charge in [0, 0.05) is 22.6 Å². The first-order valence-electron chi connectivity index (χ1n) is 18.0. The topological polar surface area (TPSA) is 6.48 Å². The number of rotatable bonds is 6. The number of hydrogen-bond acceptors (Lipinski definition) is 2. The van der Waals surface area contributed by atoms with Crippen molar-refractivity contribution in [2.75, 3.05) is 9.80 Å². The smallest absolute Gasteiger partial charge is 0.0726 e. The summed E-state index contributed by atoms with van der Waals surface area (Å²) < 4.78 is 0. The third-order valence-corrected chi connectivity index (χ3v) is 11.0. The fraction of sp³-hybridized carbons (Fsp3) is 0.0400. The van der Waals surface area contributed by atoms with Gasteiger partial charge in [-0.05, 0) is 106 Å². The van der Waals surface area contributed by atoms with E-state index in [4.69, 9.17) is 0 Å². The highest BCUT2D eigenvalue weighted by Gasteiger charge is 2.52. The SMILES string of the molecule is Cc1c(N(c2ccccc2)c2ccccc2)cccc1N(c1ccccc1)c1cccc2c1-c1ccccc1C21c2ccccc2-c2ccccc21. The molecule has 0 saturated heterocycles. The summed E-state index contributed by atoms with van der Waals surface area (Å²) in [5.41, 5.74) is 18.1. The van der Waals surface area contributed by atoms with Crippen molar-refractivity contribution in [2.45, 2.75) is 12.3 Å². The molecule has 8 aromatic carbocycles. The monoisotopic (exact) mass is 664 g/mol. The zero-order chi connectivity index (χ0) is 34.6. The van der Waals surface area contributed by atoms with Gasteiger partial charge < -0.3 is 9.80 Å². The van der Waals surface area contributed by atoms with Crippen LogP contribution >= 0.6 is 0 Å². The highest BCUT2D eigenvalue weighted by molar-refractivity contribution is 6.01. The van der Waals surface area contributed by atoms with E-state index in [1.54, 1.807) is 0 Å². The second kappa shape index (κ2) is 12.0. The van der Waals surface area contributed by atoms with Crippen molar-refractivity contribution in [3.63, 3.8) is 0 Å². The highest BCUT2D eigenvalue weighted by atomic mass is 15.2. The van der Waals surface area contributed by atoms with Crippen LogP contribution in [-0.2, 0) is 5.41 Å². The second-order valence-electron chi connectivity index (χ2n) is 13.7. The van der Waals surface area contributed by atoms with E-state index < -0.39 is 5.41 Å². The summed E-state index contributed by atoms with van der Waals surface area (Å²) in [5, 5.41) is 0. The van der Waals surface area contributed by atoms with Crippen LogP contribution in [0.15, 0.2) is 200 Å². The zero-order valence-corrected chi connectivity index (χ0v) is 28.9. The lowest BCUT2D eigenvalue weighted by atomic mass is 9.70. The van der Waals surface area contributed by atoms with Crippen molar-refractivity contribution in [3.05, 3.63) is 228 Å². The molecule has 2 heteroatoms. The quantitative estimate of drug-likeness (QED) is 0.175. The molecule has 0 fully saturated rings. The molecule has 0 unspecified atom stereocenters. The second-order valence-corrected chi connectivity index (χ2v) is 13.7. The van der Waals surface area contributed by atoms with Crippen LogP contribution in [0.5, 0.6) is 0 Å². The predicted molar refractivity (Wildman–Crippen MR) is 217 cm³/mol. The summed E-state index contributed by atoms with van der Waals surface area (Å²) in [4.78, 5) is 4.85. The number of para-hydroxylation sites is 3. The van der Waals surface area contributed by atoms with E-state index in [1.807, 2.05) is 0 Å². The number of fused-ring (bicyclic) bond motifs is 10. The van der Waals surface area contributed by atoms with E-state index in [0.29, 0.717) is 0 Å². The Balaban J connectivity index is 1.25. The van der Waals surface area contributed by atoms with Crippen LogP contribution in [0.2, 0.25) is 0 Å². The van der Waals surface area contributed by atoms with Gasteiger partial charge >= 0.3 is 0 Å². The normalized spacial score (nSPS) is 12.9. The van der Waals surface area contributed by atoms with Gasteiger partial charge in [0.2, 0.25) is 0 Å². The zero-order valence-electron chi connectivity index (χ0n) is 28.9. The third kappa shape index (κ3) is 4.31. The van der Waals surface area contributed by atoms with Crippen molar-refractivity contribution < 1.29 is 0 Å². The van der Waals surface area contributed by atoms with Crippen molar-refractivity contribution >= 4 is 34.1 Å². The Morgan fingerprint density at radius 1 is 0.308 bits per heavy atom. The molecule has 0 aliphatic heterocycles. The van der Waals surface area contributed by atoms with E-state index >= 15 is 0 Å². The minimum atomic E-state index is -0.411. The molecule has 0 saturated carbocycles. The van der Waals surface area contributed by atoms with Crippen molar-refractivity contribution in [2.24, 2.45) is 0 Å². The lowest BCUT2D eigenvalue weighted by Gasteiger charge is -2.33. The molecule has 52 heavy (non-hydrogen) atoms. The maximum Gasteiger partial charge on any atom is 0.0726 e. The number of nitrogens with zero attached hydrogens (tertiary/aromatic N) is 2. The van der Waals surface area contributed by atoms with Crippen molar-refractivity contribution in [3.8, 4) is 22.3 Å².